The summed E-state index contributed by atoms with van der Waals surface area (Å²) in [5.74, 6) is -3.25. The number of hydrazine groups is 3. The first kappa shape index (κ1) is 32.7. The minimum absolute atomic E-state index is 0. The van der Waals surface area contributed by atoms with Crippen LogP contribution in [-0.4, -0.2) is 119 Å². The number of carboxylic acid groups (broad SMARTS) is 3. The highest BCUT2D eigenvalue weighted by Crippen LogP contribution is 2.49. The van der Waals surface area contributed by atoms with Gasteiger partial charge in [0.2, 0.25) is 0 Å². The molecule has 6 unspecified atom stereocenters. The predicted octanol–water partition coefficient (Wildman–Crippen LogP) is 1.04. The number of halogens is 1. The summed E-state index contributed by atoms with van der Waals surface area (Å²) in [5.41, 5.74) is 0.967. The molecule has 0 aliphatic carbocycles. The number of rotatable bonds is 9. The third-order valence-electron chi connectivity index (χ3n) is 11.1. The van der Waals surface area contributed by atoms with E-state index < -0.39 is 53.2 Å². The van der Waals surface area contributed by atoms with Crippen LogP contribution in [0.25, 0.3) is 0 Å². The Morgan fingerprint density at radius 1 is 0.500 bits per heavy atom. The van der Waals surface area contributed by atoms with Gasteiger partial charge < -0.3 is 30.6 Å². The van der Waals surface area contributed by atoms with E-state index in [4.69, 9.17) is 0 Å². The summed E-state index contributed by atoms with van der Waals surface area (Å²) < 4.78 is 0. The van der Waals surface area contributed by atoms with Gasteiger partial charge in [-0.1, -0.05) is 36.4 Å². The van der Waals surface area contributed by atoms with Crippen molar-refractivity contribution in [1.29, 1.82) is 0 Å². The highest BCUT2D eigenvalue weighted by atomic mass is 35.5. The van der Waals surface area contributed by atoms with E-state index in [2.05, 4.69) is 0 Å². The molecule has 9 heterocycles. The molecule has 3 aromatic carbocycles. The predicted molar refractivity (Wildman–Crippen MR) is 178 cm³/mol. The summed E-state index contributed by atoms with van der Waals surface area (Å²) >= 11 is 0. The van der Waals surface area contributed by atoms with Crippen LogP contribution in [-0.2, 0) is 14.4 Å². The molecule has 6 bridgehead atoms. The fourth-order valence-corrected chi connectivity index (χ4v) is 8.93. The second kappa shape index (κ2) is 10.8. The zero-order valence-corrected chi connectivity index (χ0v) is 27.3. The van der Waals surface area contributed by atoms with Gasteiger partial charge in [-0.2, -0.15) is 15.0 Å². The molecule has 0 spiro atoms. The quantitative estimate of drug-likeness (QED) is 0.173. The molecule has 15 nitrogen and oxygen atoms in total. The van der Waals surface area contributed by atoms with Gasteiger partial charge in [0.1, 0.15) is 18.1 Å². The first-order valence-electron chi connectivity index (χ1n) is 16.2. The summed E-state index contributed by atoms with van der Waals surface area (Å²) in [6.07, 6.45) is 0.330. The Labute approximate surface area is 291 Å². The molecule has 0 saturated carbocycles. The van der Waals surface area contributed by atoms with E-state index in [9.17, 15) is 45.0 Å². The van der Waals surface area contributed by atoms with Crippen molar-refractivity contribution in [3.63, 3.8) is 0 Å². The number of hydrogen-bond donors (Lipinski definition) is 6. The van der Waals surface area contributed by atoms with Crippen LogP contribution in [0.5, 0.6) is 0 Å². The van der Waals surface area contributed by atoms with Crippen LogP contribution in [0.4, 0.5) is 17.1 Å². The largest absolute Gasteiger partial charge is 0.480 e. The van der Waals surface area contributed by atoms with E-state index in [1.165, 1.54) is 0 Å². The Hall–Kier alpha value is -4.48. The van der Waals surface area contributed by atoms with E-state index >= 15 is 0 Å². The number of aliphatic carboxylic acids is 3. The number of anilines is 3. The number of benzene rings is 3. The molecule has 16 heteroatoms. The van der Waals surface area contributed by atoms with Crippen molar-refractivity contribution in [2.75, 3.05) is 34.7 Å². The number of carbonyl (C=O) groups is 3. The van der Waals surface area contributed by atoms with Gasteiger partial charge in [0.05, 0.1) is 36.7 Å². The molecule has 9 aliphatic heterocycles. The summed E-state index contributed by atoms with van der Waals surface area (Å²) in [6, 6.07) is 20.3. The fourth-order valence-electron chi connectivity index (χ4n) is 8.93. The maximum Gasteiger partial charge on any atom is 0.323 e. The van der Waals surface area contributed by atoms with Crippen LogP contribution < -0.4 is 15.0 Å². The van der Waals surface area contributed by atoms with Crippen LogP contribution in [0, 0.1) is 0 Å². The van der Waals surface area contributed by atoms with E-state index in [1.54, 1.807) is 30.1 Å². The molecule has 0 radical (unpaired) electrons. The maximum absolute atomic E-state index is 11.7. The Balaban J connectivity index is 0.00000361. The molecule has 0 amide bonds. The van der Waals surface area contributed by atoms with Gasteiger partial charge in [-0.25, -0.2) is 0 Å². The maximum atomic E-state index is 11.7. The van der Waals surface area contributed by atoms with Crippen LogP contribution in [0.15, 0.2) is 72.8 Å². The first-order valence-corrected chi connectivity index (χ1v) is 16.2. The molecule has 9 fully saturated rings. The Bertz CT molecular complexity index is 1680. The lowest BCUT2D eigenvalue weighted by Gasteiger charge is -2.50. The van der Waals surface area contributed by atoms with Crippen LogP contribution in [0.1, 0.15) is 41.9 Å². The molecule has 262 valence electrons. The first-order chi connectivity index (χ1) is 23.3. The Morgan fingerprint density at radius 3 is 0.940 bits per heavy atom. The zero-order valence-electron chi connectivity index (χ0n) is 26.5. The van der Waals surface area contributed by atoms with Crippen molar-refractivity contribution >= 4 is 47.4 Å². The summed E-state index contributed by atoms with van der Waals surface area (Å²) in [5, 5.41) is 71.8. The lowest BCUT2D eigenvalue weighted by Crippen LogP contribution is -2.67. The number of nitrogens with zero attached hydrogens (tertiary/aromatic N) is 6. The zero-order chi connectivity index (χ0) is 34.2. The molecular formula is C34H35ClN6O9. The normalized spacial score (nSPS) is 36.2. The molecule has 12 rings (SSSR count). The molecule has 9 atom stereocenters. The van der Waals surface area contributed by atoms with Crippen molar-refractivity contribution in [3.05, 3.63) is 89.5 Å². The molecule has 9 saturated heterocycles. The van der Waals surface area contributed by atoms with Crippen LogP contribution in [0.2, 0.25) is 0 Å². The lowest BCUT2D eigenvalue weighted by atomic mass is 9.84. The van der Waals surface area contributed by atoms with Gasteiger partial charge in [-0.05, 0) is 53.1 Å². The number of aliphatic hydroxyl groups is 3. The van der Waals surface area contributed by atoms with Gasteiger partial charge in [0, 0.05) is 25.2 Å². The fraction of sp³-hybridized carbons (Fsp3) is 0.382. The monoisotopic (exact) mass is 706 g/mol. The summed E-state index contributed by atoms with van der Waals surface area (Å²) in [6.45, 7) is 0.752. The Kier molecular flexibility index (Phi) is 7.04. The van der Waals surface area contributed by atoms with Crippen molar-refractivity contribution in [3.8, 4) is 0 Å². The van der Waals surface area contributed by atoms with E-state index in [1.807, 2.05) is 72.8 Å². The van der Waals surface area contributed by atoms with Crippen LogP contribution >= 0.6 is 12.4 Å². The highest BCUT2D eigenvalue weighted by molar-refractivity contribution is 5.85. The molecule has 0 aromatic heterocycles. The van der Waals surface area contributed by atoms with Gasteiger partial charge in [-0.3, -0.25) is 29.4 Å². The summed E-state index contributed by atoms with van der Waals surface area (Å²) in [7, 11) is 0. The Morgan fingerprint density at radius 2 is 0.740 bits per heavy atom. The van der Waals surface area contributed by atoms with Crippen molar-refractivity contribution < 1.29 is 45.0 Å². The molecule has 50 heavy (non-hydrogen) atoms. The molecule has 9 aliphatic rings. The van der Waals surface area contributed by atoms with Gasteiger partial charge in [0.25, 0.3) is 0 Å². The average molecular weight is 707 g/mol. The highest BCUT2D eigenvalue weighted by Gasteiger charge is 2.65. The molecule has 6 N–H and O–H groups in total. The standard InChI is InChI=1S/C34H34N6O9.ClH/c41-29(42)25-13-32(47)16-35(25)38(32)22-7-1-19(2-8-22)28(20-3-9-23(10-4-20)39-33(48)14-26(30(43)44)36(39)17-33)21-5-11-24(12-6-21)40-34(49)15-27(31(45)46)37(40)18-34;/h1-12,25-28,47-49H,13-18H2,(H,41,42)(H,43,44)(H,45,46);1H/t25-,26-,27-,28?,32?,33?,34?;/m0./s1. The minimum Gasteiger partial charge on any atom is -0.480 e. The van der Waals surface area contributed by atoms with Gasteiger partial charge in [-0.15, -0.1) is 12.4 Å². The topological polar surface area (TPSA) is 192 Å². The number of hydrogen-bond acceptors (Lipinski definition) is 12. The molecule has 3 aromatic rings. The third-order valence-corrected chi connectivity index (χ3v) is 11.1. The van der Waals surface area contributed by atoms with Crippen molar-refractivity contribution in [2.24, 2.45) is 0 Å². The molecular weight excluding hydrogens is 672 g/mol. The summed E-state index contributed by atoms with van der Waals surface area (Å²) in [4.78, 5) is 35.2. The second-order valence-corrected chi connectivity index (χ2v) is 14.1. The van der Waals surface area contributed by atoms with E-state index in [0.717, 1.165) is 16.7 Å². The van der Waals surface area contributed by atoms with Gasteiger partial charge in [0.15, 0.2) is 17.2 Å². The minimum atomic E-state index is -1.25. The van der Waals surface area contributed by atoms with Crippen LogP contribution in [0.3, 0.4) is 0 Å². The smallest absolute Gasteiger partial charge is 0.323 e. The van der Waals surface area contributed by atoms with E-state index in [-0.39, 0.29) is 57.2 Å². The van der Waals surface area contributed by atoms with Gasteiger partial charge >= 0.3 is 17.9 Å². The number of carboxylic acids is 3. The average Bonchev–Trinajstić information content (AvgIpc) is 3.87. The number of fused-ring (bicyclic) bond motifs is 3. The van der Waals surface area contributed by atoms with Crippen molar-refractivity contribution in [1.82, 2.24) is 15.0 Å². The third kappa shape index (κ3) is 4.41. The van der Waals surface area contributed by atoms with E-state index in [0.29, 0.717) is 17.1 Å². The SMILES string of the molecule is Cl.O=C(O)[C@@H]1CC2(O)CN1N2c1ccc(C(c2ccc(N3N4CC3(O)C[C@H]4C(=O)O)cc2)c2ccc(N3N4CC3(O)C[C@H]4C(=O)O)cc2)cc1. The lowest BCUT2D eigenvalue weighted by molar-refractivity contribution is -0.144. The van der Waals surface area contributed by atoms with Crippen molar-refractivity contribution in [2.45, 2.75) is 60.5 Å². The second-order valence-electron chi connectivity index (χ2n) is 14.1.